The van der Waals surface area contributed by atoms with E-state index in [9.17, 15) is 9.59 Å². The third-order valence-corrected chi connectivity index (χ3v) is 7.84. The summed E-state index contributed by atoms with van der Waals surface area (Å²) >= 11 is 3.50. The van der Waals surface area contributed by atoms with Crippen molar-refractivity contribution in [1.29, 1.82) is 0 Å². The topological polar surface area (TPSA) is 67.9 Å². The quantitative estimate of drug-likeness (QED) is 0.310. The van der Waals surface area contributed by atoms with Crippen LogP contribution >= 0.6 is 15.9 Å². The Morgan fingerprint density at radius 2 is 1.71 bits per heavy atom. The fourth-order valence-corrected chi connectivity index (χ4v) is 5.07. The minimum absolute atomic E-state index is 0.128. The Morgan fingerprint density at radius 1 is 0.974 bits per heavy atom. The maximum atomic E-state index is 13.8. The second-order valence-electron chi connectivity index (χ2n) is 9.77. The highest BCUT2D eigenvalue weighted by Crippen LogP contribution is 2.23. The average molecular weight is 580 g/mol. The predicted molar refractivity (Wildman–Crippen MR) is 152 cm³/mol. The predicted octanol–water partition coefficient (Wildman–Crippen LogP) is 5.84. The lowest BCUT2D eigenvalue weighted by Crippen LogP contribution is -2.53. The van der Waals surface area contributed by atoms with Gasteiger partial charge < -0.3 is 19.7 Å². The van der Waals surface area contributed by atoms with E-state index in [1.807, 2.05) is 79.7 Å². The van der Waals surface area contributed by atoms with Crippen LogP contribution in [0.3, 0.4) is 0 Å². The Morgan fingerprint density at radius 3 is 2.42 bits per heavy atom. The van der Waals surface area contributed by atoms with Gasteiger partial charge >= 0.3 is 0 Å². The Balaban J connectivity index is 1.62. The Labute approximate surface area is 233 Å². The molecule has 0 saturated heterocycles. The van der Waals surface area contributed by atoms with Crippen molar-refractivity contribution in [3.8, 4) is 11.5 Å². The lowest BCUT2D eigenvalue weighted by molar-refractivity contribution is -0.143. The van der Waals surface area contributed by atoms with Gasteiger partial charge in [0.05, 0.1) is 7.11 Å². The number of nitrogens with one attached hydrogen (secondary N) is 1. The van der Waals surface area contributed by atoms with Crippen LogP contribution in [0.25, 0.3) is 0 Å². The van der Waals surface area contributed by atoms with E-state index in [0.29, 0.717) is 17.9 Å². The molecule has 1 atom stereocenters. The second-order valence-corrected chi connectivity index (χ2v) is 10.6. The van der Waals surface area contributed by atoms with Crippen molar-refractivity contribution in [1.82, 2.24) is 10.2 Å². The third kappa shape index (κ3) is 7.60. The lowest BCUT2D eigenvalue weighted by atomic mass is 10.0. The molecule has 1 fully saturated rings. The van der Waals surface area contributed by atoms with Crippen LogP contribution in [0.15, 0.2) is 77.3 Å². The number of hydrogen-bond donors (Lipinski definition) is 1. The van der Waals surface area contributed by atoms with E-state index < -0.39 is 6.04 Å². The van der Waals surface area contributed by atoms with Crippen molar-refractivity contribution in [3.05, 3.63) is 94.0 Å². The molecule has 2 amide bonds. The molecule has 0 heterocycles. The van der Waals surface area contributed by atoms with Gasteiger partial charge in [0.2, 0.25) is 5.91 Å². The molecule has 3 aromatic rings. The number of ether oxygens (including phenoxy) is 2. The first-order valence-electron chi connectivity index (χ1n) is 13.1. The molecule has 38 heavy (non-hydrogen) atoms. The summed E-state index contributed by atoms with van der Waals surface area (Å²) in [5, 5.41) is 3.23. The molecule has 1 aliphatic carbocycles. The smallest absolute Gasteiger partial charge is 0.261 e. The van der Waals surface area contributed by atoms with Gasteiger partial charge in [-0.25, -0.2) is 0 Å². The summed E-state index contributed by atoms with van der Waals surface area (Å²) < 4.78 is 12.3. The molecule has 1 saturated carbocycles. The zero-order chi connectivity index (χ0) is 26.9. The van der Waals surface area contributed by atoms with Crippen LogP contribution in [-0.2, 0) is 22.6 Å². The maximum Gasteiger partial charge on any atom is 0.261 e. The number of halogens is 1. The highest BCUT2D eigenvalue weighted by molar-refractivity contribution is 9.10. The molecule has 3 aromatic carbocycles. The molecule has 1 N–H and O–H groups in total. The van der Waals surface area contributed by atoms with E-state index in [0.717, 1.165) is 46.8 Å². The van der Waals surface area contributed by atoms with Crippen LogP contribution in [0.1, 0.15) is 42.4 Å². The first-order chi connectivity index (χ1) is 18.4. The minimum Gasteiger partial charge on any atom is -0.497 e. The average Bonchev–Trinajstić information content (AvgIpc) is 3.44. The molecule has 0 aromatic heterocycles. The van der Waals surface area contributed by atoms with Gasteiger partial charge in [-0.3, -0.25) is 9.59 Å². The number of nitrogens with zero attached hydrogens (tertiary/aromatic N) is 1. The van der Waals surface area contributed by atoms with Gasteiger partial charge in [-0.05, 0) is 66.8 Å². The molecular weight excluding hydrogens is 544 g/mol. The fourth-order valence-electron chi connectivity index (χ4n) is 4.82. The van der Waals surface area contributed by atoms with Crippen LogP contribution in [0.2, 0.25) is 0 Å². The van der Waals surface area contributed by atoms with E-state index in [4.69, 9.17) is 9.47 Å². The third-order valence-electron chi connectivity index (χ3n) is 6.95. The molecule has 6 nitrogen and oxygen atoms in total. The van der Waals surface area contributed by atoms with Gasteiger partial charge in [-0.15, -0.1) is 0 Å². The van der Waals surface area contributed by atoms with E-state index >= 15 is 0 Å². The van der Waals surface area contributed by atoms with Crippen LogP contribution in [0, 0.1) is 6.92 Å². The number of rotatable bonds is 11. The number of aryl methyl sites for hydroxylation is 1. The molecule has 1 aliphatic rings. The van der Waals surface area contributed by atoms with Crippen molar-refractivity contribution in [3.63, 3.8) is 0 Å². The first kappa shape index (κ1) is 27.7. The molecule has 0 spiro atoms. The lowest BCUT2D eigenvalue weighted by Gasteiger charge is -2.32. The summed E-state index contributed by atoms with van der Waals surface area (Å²) in [6.07, 6.45) is 4.58. The number of amides is 2. The van der Waals surface area contributed by atoms with Crippen molar-refractivity contribution < 1.29 is 19.1 Å². The van der Waals surface area contributed by atoms with Gasteiger partial charge in [0, 0.05) is 23.5 Å². The SMILES string of the molecule is COc1cccc(CN(C(=O)COc2ccc(Br)c(C)c2)[C@H](Cc2ccccc2)C(=O)NC2CCCC2)c1. The van der Waals surface area contributed by atoms with E-state index in [2.05, 4.69) is 21.2 Å². The first-order valence-corrected chi connectivity index (χ1v) is 13.9. The molecule has 0 unspecified atom stereocenters. The van der Waals surface area contributed by atoms with Gasteiger partial charge in [-0.1, -0.05) is 71.2 Å². The summed E-state index contributed by atoms with van der Waals surface area (Å²) in [5.41, 5.74) is 2.89. The van der Waals surface area contributed by atoms with E-state index in [1.165, 1.54) is 0 Å². The number of methoxy groups -OCH3 is 1. The molecule has 0 aliphatic heterocycles. The minimum atomic E-state index is -0.688. The number of benzene rings is 3. The molecule has 4 rings (SSSR count). The Hall–Kier alpha value is -3.32. The zero-order valence-corrected chi connectivity index (χ0v) is 23.6. The van der Waals surface area contributed by atoms with Crippen LogP contribution in [-0.4, -0.2) is 42.5 Å². The highest BCUT2D eigenvalue weighted by Gasteiger charge is 2.32. The summed E-state index contributed by atoms with van der Waals surface area (Å²) in [6.45, 7) is 2.05. The molecule has 0 radical (unpaired) electrons. The molecule has 0 bridgehead atoms. The van der Waals surface area contributed by atoms with Gasteiger partial charge in [-0.2, -0.15) is 0 Å². The monoisotopic (exact) mass is 578 g/mol. The van der Waals surface area contributed by atoms with Crippen LogP contribution in [0.4, 0.5) is 0 Å². The van der Waals surface area contributed by atoms with Crippen molar-refractivity contribution in [2.24, 2.45) is 0 Å². The van der Waals surface area contributed by atoms with Crippen molar-refractivity contribution in [2.45, 2.75) is 57.7 Å². The summed E-state index contributed by atoms with van der Waals surface area (Å²) in [5.74, 6) is 0.925. The standard InChI is InChI=1S/C31H35BrN2O4/c1-22-17-27(15-16-28(22)32)38-21-30(35)34(20-24-11-8-14-26(18-24)37-2)29(19-23-9-4-3-5-10-23)31(36)33-25-12-6-7-13-25/h3-5,8-11,14-18,25,29H,6-7,12-13,19-21H2,1-2H3,(H,33,36)/t29-/m1/s1. The Kier molecular flexibility index (Phi) is 9.82. The number of carbonyl (C=O) groups is 2. The van der Waals surface area contributed by atoms with Crippen molar-refractivity contribution >= 4 is 27.7 Å². The molecule has 7 heteroatoms. The summed E-state index contributed by atoms with van der Waals surface area (Å²) in [4.78, 5) is 29.2. The van der Waals surface area contributed by atoms with Gasteiger partial charge in [0.25, 0.3) is 5.91 Å². The normalized spacial score (nSPS) is 14.1. The fraction of sp³-hybridized carbons (Fsp3) is 0.355. The van der Waals surface area contributed by atoms with E-state index in [-0.39, 0.29) is 31.0 Å². The zero-order valence-electron chi connectivity index (χ0n) is 22.0. The van der Waals surface area contributed by atoms with Gasteiger partial charge in [0.1, 0.15) is 17.5 Å². The van der Waals surface area contributed by atoms with E-state index in [1.54, 1.807) is 12.0 Å². The largest absolute Gasteiger partial charge is 0.497 e. The maximum absolute atomic E-state index is 13.8. The number of hydrogen-bond acceptors (Lipinski definition) is 4. The summed E-state index contributed by atoms with van der Waals surface area (Å²) in [7, 11) is 1.61. The Bertz CT molecular complexity index is 1230. The molecular formula is C31H35BrN2O4. The van der Waals surface area contributed by atoms with Crippen LogP contribution < -0.4 is 14.8 Å². The van der Waals surface area contributed by atoms with Crippen LogP contribution in [0.5, 0.6) is 11.5 Å². The summed E-state index contributed by atoms with van der Waals surface area (Å²) in [6, 6.07) is 22.5. The van der Waals surface area contributed by atoms with Crippen molar-refractivity contribution in [2.75, 3.05) is 13.7 Å². The second kappa shape index (κ2) is 13.5. The number of carbonyl (C=O) groups excluding carboxylic acids is 2. The molecule has 200 valence electrons. The van der Waals surface area contributed by atoms with Gasteiger partial charge in [0.15, 0.2) is 6.61 Å². The highest BCUT2D eigenvalue weighted by atomic mass is 79.9.